The Bertz CT molecular complexity index is 464. The van der Waals surface area contributed by atoms with E-state index in [-0.39, 0.29) is 13.0 Å². The second kappa shape index (κ2) is 7.14. The molecule has 0 fully saturated rings. The van der Waals surface area contributed by atoms with Crippen LogP contribution in [0.3, 0.4) is 0 Å². The quantitative estimate of drug-likeness (QED) is 0.249. The van der Waals surface area contributed by atoms with E-state index in [1.165, 1.54) is 0 Å². The SMILES string of the molecule is CCOC(=O)C(Cc1ccccc1)C(=O)C=[N+]=[N-]. The molecule has 0 radical (unpaired) electrons. The lowest BCUT2D eigenvalue weighted by atomic mass is 9.96. The number of benzene rings is 1. The van der Waals surface area contributed by atoms with Gasteiger partial charge in [0.2, 0.25) is 0 Å². The fraction of sp³-hybridized carbons (Fsp3) is 0.308. The first-order valence-electron chi connectivity index (χ1n) is 5.60. The fourth-order valence-electron chi connectivity index (χ4n) is 1.54. The van der Waals surface area contributed by atoms with Crippen LogP contribution in [0.4, 0.5) is 0 Å². The van der Waals surface area contributed by atoms with Crippen LogP contribution in [0.25, 0.3) is 5.53 Å². The number of ether oxygens (including phenoxy) is 1. The van der Waals surface area contributed by atoms with Gasteiger partial charge in [0.15, 0.2) is 0 Å². The number of esters is 1. The standard InChI is InChI=1S/C13H14N2O3/c1-2-18-13(17)11(12(16)9-15-14)8-10-6-4-3-5-7-10/h3-7,9,11H,2,8H2,1H3. The van der Waals surface area contributed by atoms with Gasteiger partial charge in [-0.1, -0.05) is 30.3 Å². The second-order valence-corrected chi connectivity index (χ2v) is 3.64. The first-order valence-corrected chi connectivity index (χ1v) is 5.60. The zero-order valence-electron chi connectivity index (χ0n) is 10.1. The minimum Gasteiger partial charge on any atom is -0.465 e. The molecule has 1 rings (SSSR count). The van der Waals surface area contributed by atoms with Crippen molar-refractivity contribution in [1.29, 1.82) is 0 Å². The number of hydrogen-bond donors (Lipinski definition) is 0. The van der Waals surface area contributed by atoms with Crippen LogP contribution in [0.2, 0.25) is 0 Å². The van der Waals surface area contributed by atoms with Crippen LogP contribution in [0.1, 0.15) is 12.5 Å². The van der Waals surface area contributed by atoms with Gasteiger partial charge in [0, 0.05) is 0 Å². The lowest BCUT2D eigenvalue weighted by Gasteiger charge is -2.10. The maximum absolute atomic E-state index is 11.7. The number of hydrogen-bond acceptors (Lipinski definition) is 3. The maximum atomic E-state index is 11.7. The maximum Gasteiger partial charge on any atom is 0.324 e. The minimum absolute atomic E-state index is 0.202. The zero-order chi connectivity index (χ0) is 13.4. The first-order chi connectivity index (χ1) is 8.69. The van der Waals surface area contributed by atoms with Gasteiger partial charge in [-0.2, -0.15) is 4.79 Å². The van der Waals surface area contributed by atoms with E-state index in [0.717, 1.165) is 11.8 Å². The fourth-order valence-corrected chi connectivity index (χ4v) is 1.54. The molecule has 18 heavy (non-hydrogen) atoms. The van der Waals surface area contributed by atoms with Gasteiger partial charge in [0.25, 0.3) is 5.78 Å². The average Bonchev–Trinajstić information content (AvgIpc) is 2.37. The number of nitrogens with zero attached hydrogens (tertiary/aromatic N) is 2. The molecular formula is C13H14N2O3. The lowest BCUT2D eigenvalue weighted by Crippen LogP contribution is -2.29. The number of rotatable bonds is 6. The lowest BCUT2D eigenvalue weighted by molar-refractivity contribution is -0.150. The minimum atomic E-state index is -0.969. The van der Waals surface area contributed by atoms with Crippen LogP contribution in [-0.4, -0.2) is 29.4 Å². The van der Waals surface area contributed by atoms with Gasteiger partial charge in [-0.25, -0.2) is 0 Å². The molecule has 5 heteroatoms. The molecule has 1 unspecified atom stereocenters. The molecule has 1 atom stereocenters. The van der Waals surface area contributed by atoms with E-state index in [2.05, 4.69) is 4.79 Å². The molecule has 94 valence electrons. The van der Waals surface area contributed by atoms with Gasteiger partial charge in [0.1, 0.15) is 5.92 Å². The number of ketones is 1. The predicted octanol–water partition coefficient (Wildman–Crippen LogP) is 1.28. The van der Waals surface area contributed by atoms with Crippen molar-refractivity contribution in [1.82, 2.24) is 0 Å². The summed E-state index contributed by atoms with van der Waals surface area (Å²) in [5.41, 5.74) is 9.20. The summed E-state index contributed by atoms with van der Waals surface area (Å²) in [5, 5.41) is 0. The molecule has 0 aliphatic heterocycles. The Hall–Kier alpha value is -2.26. The summed E-state index contributed by atoms with van der Waals surface area (Å²) < 4.78 is 4.84. The normalized spacial score (nSPS) is 11.2. The summed E-state index contributed by atoms with van der Waals surface area (Å²) in [4.78, 5) is 26.0. The Morgan fingerprint density at radius 3 is 2.61 bits per heavy atom. The zero-order valence-corrected chi connectivity index (χ0v) is 10.1. The Morgan fingerprint density at radius 1 is 1.39 bits per heavy atom. The van der Waals surface area contributed by atoms with Gasteiger partial charge in [0.05, 0.1) is 6.61 Å². The smallest absolute Gasteiger partial charge is 0.324 e. The third-order valence-corrected chi connectivity index (χ3v) is 2.38. The largest absolute Gasteiger partial charge is 0.465 e. The van der Waals surface area contributed by atoms with Gasteiger partial charge in [-0.05, 0) is 18.9 Å². The molecular weight excluding hydrogens is 232 g/mol. The summed E-state index contributed by atoms with van der Waals surface area (Å²) in [6, 6.07) is 9.12. The third kappa shape index (κ3) is 3.96. The third-order valence-electron chi connectivity index (χ3n) is 2.38. The van der Waals surface area contributed by atoms with E-state index < -0.39 is 17.7 Å². The van der Waals surface area contributed by atoms with Crippen molar-refractivity contribution < 1.29 is 19.1 Å². The molecule has 0 aliphatic carbocycles. The molecule has 5 nitrogen and oxygen atoms in total. The topological polar surface area (TPSA) is 79.8 Å². The van der Waals surface area contributed by atoms with Crippen LogP contribution in [-0.2, 0) is 20.7 Å². The molecule has 1 aromatic carbocycles. The van der Waals surface area contributed by atoms with E-state index in [9.17, 15) is 9.59 Å². The monoisotopic (exact) mass is 246 g/mol. The highest BCUT2D eigenvalue weighted by Crippen LogP contribution is 2.11. The first kappa shape index (κ1) is 13.8. The Morgan fingerprint density at radius 2 is 2.06 bits per heavy atom. The highest BCUT2D eigenvalue weighted by Gasteiger charge is 2.29. The van der Waals surface area contributed by atoms with Crippen LogP contribution < -0.4 is 0 Å². The van der Waals surface area contributed by atoms with Gasteiger partial charge in [-0.3, -0.25) is 9.59 Å². The number of carbonyl (C=O) groups is 2. The van der Waals surface area contributed by atoms with Crippen LogP contribution >= 0.6 is 0 Å². The molecule has 0 aliphatic rings. The van der Waals surface area contributed by atoms with E-state index in [1.54, 1.807) is 6.92 Å². The Balaban J connectivity index is 2.87. The van der Waals surface area contributed by atoms with E-state index >= 15 is 0 Å². The molecule has 0 bridgehead atoms. The van der Waals surface area contributed by atoms with Crippen molar-refractivity contribution in [2.24, 2.45) is 5.92 Å². The van der Waals surface area contributed by atoms with E-state index in [4.69, 9.17) is 10.3 Å². The summed E-state index contributed by atoms with van der Waals surface area (Å²) >= 11 is 0. The Kier molecular flexibility index (Phi) is 5.48. The van der Waals surface area contributed by atoms with Gasteiger partial charge in [-0.15, -0.1) is 0 Å². The van der Waals surface area contributed by atoms with Crippen molar-refractivity contribution in [3.63, 3.8) is 0 Å². The van der Waals surface area contributed by atoms with Crippen molar-refractivity contribution >= 4 is 18.0 Å². The van der Waals surface area contributed by atoms with Crippen LogP contribution in [0, 0.1) is 5.92 Å². The highest BCUT2D eigenvalue weighted by atomic mass is 16.5. The van der Waals surface area contributed by atoms with Gasteiger partial charge >= 0.3 is 12.2 Å². The summed E-state index contributed by atoms with van der Waals surface area (Å²) in [7, 11) is 0. The van der Waals surface area contributed by atoms with Crippen molar-refractivity contribution in [2.75, 3.05) is 6.61 Å². The second-order valence-electron chi connectivity index (χ2n) is 3.64. The number of Topliss-reactive ketones (excluding diaryl/α,β-unsaturated/α-hetero) is 1. The predicted molar refractivity (Wildman–Crippen MR) is 65.0 cm³/mol. The van der Waals surface area contributed by atoms with Gasteiger partial charge < -0.3 is 10.3 Å². The van der Waals surface area contributed by atoms with Crippen LogP contribution in [0.5, 0.6) is 0 Å². The number of carbonyl (C=O) groups excluding carboxylic acids is 2. The van der Waals surface area contributed by atoms with Crippen molar-refractivity contribution in [3.05, 3.63) is 41.4 Å². The molecule has 0 amide bonds. The van der Waals surface area contributed by atoms with Crippen molar-refractivity contribution in [2.45, 2.75) is 13.3 Å². The summed E-state index contributed by atoms with van der Waals surface area (Å²) in [5.74, 6) is -2.14. The van der Waals surface area contributed by atoms with E-state index in [1.807, 2.05) is 30.3 Å². The molecule has 0 N–H and O–H groups in total. The molecule has 0 saturated carbocycles. The summed E-state index contributed by atoms with van der Waals surface area (Å²) in [6.07, 6.45) is 0.953. The highest BCUT2D eigenvalue weighted by molar-refractivity contribution is 6.30. The molecule has 1 aromatic rings. The van der Waals surface area contributed by atoms with E-state index in [0.29, 0.717) is 0 Å². The molecule has 0 heterocycles. The Labute approximate surface area is 105 Å². The molecule has 0 spiro atoms. The molecule has 0 saturated heterocycles. The van der Waals surface area contributed by atoms with Crippen LogP contribution in [0.15, 0.2) is 30.3 Å². The van der Waals surface area contributed by atoms with Crippen molar-refractivity contribution in [3.8, 4) is 0 Å². The molecule has 0 aromatic heterocycles. The average molecular weight is 246 g/mol. The summed E-state index contributed by atoms with van der Waals surface area (Å²) in [6.45, 7) is 1.87.